The minimum absolute atomic E-state index is 0.675. The van der Waals surface area contributed by atoms with Crippen molar-refractivity contribution < 1.29 is 9.47 Å². The van der Waals surface area contributed by atoms with E-state index in [1.807, 2.05) is 38.1 Å². The zero-order valence-electron chi connectivity index (χ0n) is 12.1. The summed E-state index contributed by atoms with van der Waals surface area (Å²) in [6.45, 7) is 5.32. The van der Waals surface area contributed by atoms with Gasteiger partial charge in [-0.05, 0) is 37.6 Å². The van der Waals surface area contributed by atoms with Crippen LogP contribution in [-0.4, -0.2) is 18.7 Å². The number of methoxy groups -OCH3 is 1. The van der Waals surface area contributed by atoms with Crippen molar-refractivity contribution in [3.63, 3.8) is 0 Å². The molecular formula is C16H20N2O2. The molecule has 1 N–H and O–H groups in total. The van der Waals surface area contributed by atoms with Gasteiger partial charge >= 0.3 is 0 Å². The highest BCUT2D eigenvalue weighted by Gasteiger charge is 2.04. The monoisotopic (exact) mass is 272 g/mol. The maximum Gasteiger partial charge on any atom is 0.160 e. The minimum Gasteiger partial charge on any atom is -0.494 e. The van der Waals surface area contributed by atoms with E-state index in [4.69, 9.17) is 9.47 Å². The smallest absolute Gasteiger partial charge is 0.160 e. The number of nitrogens with one attached hydrogen (secondary N) is 1. The number of benzene rings is 1. The highest BCUT2D eigenvalue weighted by Crippen LogP contribution is 2.24. The van der Waals surface area contributed by atoms with Crippen LogP contribution in [0.1, 0.15) is 18.2 Å². The summed E-state index contributed by atoms with van der Waals surface area (Å²) in [6, 6.07) is 10.0. The molecule has 2 rings (SSSR count). The normalized spacial score (nSPS) is 10.2. The zero-order valence-corrected chi connectivity index (χ0v) is 12.1. The van der Waals surface area contributed by atoms with Gasteiger partial charge in [0.2, 0.25) is 0 Å². The molecule has 0 bridgehead atoms. The van der Waals surface area contributed by atoms with Crippen molar-refractivity contribution in [2.75, 3.05) is 19.0 Å². The Morgan fingerprint density at radius 3 is 2.85 bits per heavy atom. The van der Waals surface area contributed by atoms with Crippen molar-refractivity contribution in [3.8, 4) is 11.5 Å². The van der Waals surface area contributed by atoms with Gasteiger partial charge in [-0.2, -0.15) is 0 Å². The van der Waals surface area contributed by atoms with Gasteiger partial charge in [-0.3, -0.25) is 4.98 Å². The molecule has 0 fully saturated rings. The maximum atomic E-state index is 5.50. The molecule has 0 aliphatic carbocycles. The third-order valence-corrected chi connectivity index (χ3v) is 2.92. The van der Waals surface area contributed by atoms with E-state index in [0.717, 1.165) is 28.4 Å². The fourth-order valence-electron chi connectivity index (χ4n) is 1.96. The first-order chi connectivity index (χ1) is 9.72. The van der Waals surface area contributed by atoms with E-state index >= 15 is 0 Å². The Bertz CT molecular complexity index is 570. The van der Waals surface area contributed by atoms with E-state index < -0.39 is 0 Å². The van der Waals surface area contributed by atoms with E-state index in [-0.39, 0.29) is 0 Å². The van der Waals surface area contributed by atoms with Gasteiger partial charge in [-0.1, -0.05) is 12.1 Å². The largest absolute Gasteiger partial charge is 0.494 e. The summed E-state index contributed by atoms with van der Waals surface area (Å²) < 4.78 is 10.8. The van der Waals surface area contributed by atoms with Gasteiger partial charge in [0.15, 0.2) is 5.75 Å². The van der Waals surface area contributed by atoms with Crippen LogP contribution in [0.15, 0.2) is 36.5 Å². The molecule has 1 heterocycles. The lowest BCUT2D eigenvalue weighted by Crippen LogP contribution is -2.03. The summed E-state index contributed by atoms with van der Waals surface area (Å²) in [4.78, 5) is 4.22. The van der Waals surface area contributed by atoms with Gasteiger partial charge in [0.25, 0.3) is 0 Å². The first-order valence-corrected chi connectivity index (χ1v) is 6.69. The molecule has 0 unspecified atom stereocenters. The second kappa shape index (κ2) is 6.80. The van der Waals surface area contributed by atoms with Gasteiger partial charge < -0.3 is 14.8 Å². The number of rotatable bonds is 6. The van der Waals surface area contributed by atoms with Gasteiger partial charge in [0, 0.05) is 12.2 Å². The summed E-state index contributed by atoms with van der Waals surface area (Å²) in [6.07, 6.45) is 1.73. The molecule has 106 valence electrons. The molecule has 0 amide bonds. The third kappa shape index (κ3) is 3.63. The molecule has 20 heavy (non-hydrogen) atoms. The highest BCUT2D eigenvalue weighted by atomic mass is 16.5. The Morgan fingerprint density at radius 2 is 2.10 bits per heavy atom. The lowest BCUT2D eigenvalue weighted by Gasteiger charge is -2.12. The van der Waals surface area contributed by atoms with Gasteiger partial charge in [-0.25, -0.2) is 0 Å². The molecular weight excluding hydrogens is 252 g/mol. The molecule has 2 aromatic rings. The lowest BCUT2D eigenvalue weighted by atomic mass is 10.2. The summed E-state index contributed by atoms with van der Waals surface area (Å²) in [5.74, 6) is 1.64. The van der Waals surface area contributed by atoms with E-state index in [1.54, 1.807) is 13.3 Å². The van der Waals surface area contributed by atoms with Crippen LogP contribution in [0, 0.1) is 6.92 Å². The average molecular weight is 272 g/mol. The van der Waals surface area contributed by atoms with Gasteiger partial charge in [0.1, 0.15) is 5.75 Å². The molecule has 1 aromatic carbocycles. The number of hydrogen-bond donors (Lipinski definition) is 1. The number of nitrogens with zero attached hydrogens (tertiary/aromatic N) is 1. The van der Waals surface area contributed by atoms with Crippen molar-refractivity contribution >= 4 is 5.69 Å². The Morgan fingerprint density at radius 1 is 1.25 bits per heavy atom. The molecule has 0 aliphatic heterocycles. The topological polar surface area (TPSA) is 43.4 Å². The second-order valence-corrected chi connectivity index (χ2v) is 4.46. The summed E-state index contributed by atoms with van der Waals surface area (Å²) in [5, 5.41) is 3.37. The standard InChI is InChI=1S/C16H20N2O2/c1-4-20-14-7-5-6-13(9-14)10-18-15-8-12(2)17-11-16(15)19-3/h5-9,11H,4,10H2,1-3H3,(H,17,18). The van der Waals surface area contributed by atoms with Crippen molar-refractivity contribution in [1.29, 1.82) is 0 Å². The molecule has 1 aromatic heterocycles. The van der Waals surface area contributed by atoms with Crippen LogP contribution in [0.3, 0.4) is 0 Å². The zero-order chi connectivity index (χ0) is 14.4. The summed E-state index contributed by atoms with van der Waals surface area (Å²) >= 11 is 0. The molecule has 0 radical (unpaired) electrons. The van der Waals surface area contributed by atoms with E-state index in [9.17, 15) is 0 Å². The van der Waals surface area contributed by atoms with Crippen molar-refractivity contribution in [1.82, 2.24) is 4.98 Å². The average Bonchev–Trinajstić information content (AvgIpc) is 2.46. The molecule has 4 nitrogen and oxygen atoms in total. The van der Waals surface area contributed by atoms with Crippen LogP contribution in [0.2, 0.25) is 0 Å². The van der Waals surface area contributed by atoms with E-state index in [2.05, 4.69) is 16.4 Å². The first-order valence-electron chi connectivity index (χ1n) is 6.69. The quantitative estimate of drug-likeness (QED) is 0.875. The summed E-state index contributed by atoms with van der Waals surface area (Å²) in [5.41, 5.74) is 3.06. The Kier molecular flexibility index (Phi) is 4.82. The number of hydrogen-bond acceptors (Lipinski definition) is 4. The van der Waals surface area contributed by atoms with Gasteiger partial charge in [0.05, 0.1) is 25.6 Å². The number of pyridine rings is 1. The van der Waals surface area contributed by atoms with E-state index in [0.29, 0.717) is 13.2 Å². The van der Waals surface area contributed by atoms with Crippen LogP contribution in [0.4, 0.5) is 5.69 Å². The van der Waals surface area contributed by atoms with Crippen molar-refractivity contribution in [3.05, 3.63) is 47.8 Å². The van der Waals surface area contributed by atoms with Crippen LogP contribution in [0.25, 0.3) is 0 Å². The lowest BCUT2D eigenvalue weighted by molar-refractivity contribution is 0.340. The number of anilines is 1. The molecule has 0 saturated carbocycles. The Hall–Kier alpha value is -2.23. The number of aryl methyl sites for hydroxylation is 1. The Balaban J connectivity index is 2.08. The molecule has 0 saturated heterocycles. The molecule has 0 aliphatic rings. The fourth-order valence-corrected chi connectivity index (χ4v) is 1.96. The van der Waals surface area contributed by atoms with Crippen LogP contribution in [0.5, 0.6) is 11.5 Å². The summed E-state index contributed by atoms with van der Waals surface area (Å²) in [7, 11) is 1.65. The predicted octanol–water partition coefficient (Wildman–Crippen LogP) is 3.41. The molecule has 0 atom stereocenters. The van der Waals surface area contributed by atoms with E-state index in [1.165, 1.54) is 0 Å². The Labute approximate surface area is 119 Å². The number of aromatic nitrogens is 1. The number of ether oxygens (including phenoxy) is 2. The van der Waals surface area contributed by atoms with Crippen LogP contribution >= 0.6 is 0 Å². The van der Waals surface area contributed by atoms with Crippen LogP contribution in [-0.2, 0) is 6.54 Å². The highest BCUT2D eigenvalue weighted by molar-refractivity contribution is 5.56. The molecule has 4 heteroatoms. The first kappa shape index (κ1) is 14.2. The fraction of sp³-hybridized carbons (Fsp3) is 0.312. The molecule has 0 spiro atoms. The van der Waals surface area contributed by atoms with Gasteiger partial charge in [-0.15, -0.1) is 0 Å². The maximum absolute atomic E-state index is 5.50. The van der Waals surface area contributed by atoms with Crippen LogP contribution < -0.4 is 14.8 Å². The predicted molar refractivity (Wildman–Crippen MR) is 80.5 cm³/mol. The van der Waals surface area contributed by atoms with Crippen molar-refractivity contribution in [2.45, 2.75) is 20.4 Å². The SMILES string of the molecule is CCOc1cccc(CNc2cc(C)ncc2OC)c1. The second-order valence-electron chi connectivity index (χ2n) is 4.46. The van der Waals surface area contributed by atoms with Crippen molar-refractivity contribution in [2.24, 2.45) is 0 Å². The third-order valence-electron chi connectivity index (χ3n) is 2.92. The minimum atomic E-state index is 0.675.